The second kappa shape index (κ2) is 9.04. The standard InChI is InChI=1S/C17H23BrN2O3.ClH/c1-22-16-5-4-12(18)9-14(16)15-3-2-7-20(15)17(21)10-13-11-23-8-6-19-13;/h4-5,9,13,15,19H,2-3,6-8,10-11H2,1H3;1H. The number of hydrogen-bond acceptors (Lipinski definition) is 4. The van der Waals surface area contributed by atoms with Gasteiger partial charge in [-0.15, -0.1) is 12.4 Å². The number of likely N-dealkylation sites (tertiary alicyclic amines) is 1. The van der Waals surface area contributed by atoms with Crippen molar-refractivity contribution >= 4 is 34.2 Å². The van der Waals surface area contributed by atoms with Crippen LogP contribution in [0.1, 0.15) is 30.9 Å². The number of halogens is 2. The molecule has 2 unspecified atom stereocenters. The fraction of sp³-hybridized carbons (Fsp3) is 0.588. The van der Waals surface area contributed by atoms with Crippen LogP contribution in [0.5, 0.6) is 5.75 Å². The van der Waals surface area contributed by atoms with Gasteiger partial charge in [0.05, 0.1) is 26.4 Å². The zero-order valence-electron chi connectivity index (χ0n) is 13.8. The van der Waals surface area contributed by atoms with E-state index in [1.165, 1.54) is 0 Å². The number of rotatable bonds is 4. The van der Waals surface area contributed by atoms with Crippen molar-refractivity contribution in [3.63, 3.8) is 0 Å². The first-order valence-corrected chi connectivity index (χ1v) is 8.92. The maximum absolute atomic E-state index is 12.8. The fourth-order valence-electron chi connectivity index (χ4n) is 3.43. The largest absolute Gasteiger partial charge is 0.496 e. The molecule has 1 aromatic rings. The van der Waals surface area contributed by atoms with Gasteiger partial charge in [0.2, 0.25) is 5.91 Å². The highest BCUT2D eigenvalue weighted by molar-refractivity contribution is 9.10. The van der Waals surface area contributed by atoms with Crippen molar-refractivity contribution in [3.05, 3.63) is 28.2 Å². The molecule has 2 fully saturated rings. The maximum Gasteiger partial charge on any atom is 0.224 e. The molecule has 0 radical (unpaired) electrons. The van der Waals surface area contributed by atoms with Gasteiger partial charge in [0.15, 0.2) is 0 Å². The molecule has 24 heavy (non-hydrogen) atoms. The molecule has 0 bridgehead atoms. The third-order valence-electron chi connectivity index (χ3n) is 4.54. The van der Waals surface area contributed by atoms with Crippen LogP contribution >= 0.6 is 28.3 Å². The van der Waals surface area contributed by atoms with E-state index in [1.54, 1.807) is 7.11 Å². The molecule has 1 N–H and O–H groups in total. The molecule has 5 nitrogen and oxygen atoms in total. The normalized spacial score (nSPS) is 23.7. The van der Waals surface area contributed by atoms with Crippen LogP contribution in [0.4, 0.5) is 0 Å². The predicted octanol–water partition coefficient (Wildman–Crippen LogP) is 2.92. The summed E-state index contributed by atoms with van der Waals surface area (Å²) in [6, 6.07) is 6.21. The maximum atomic E-state index is 12.8. The number of benzene rings is 1. The number of carbonyl (C=O) groups is 1. The van der Waals surface area contributed by atoms with Crippen LogP contribution in [-0.4, -0.2) is 50.3 Å². The fourth-order valence-corrected chi connectivity index (χ4v) is 3.81. The second-order valence-electron chi connectivity index (χ2n) is 6.06. The Morgan fingerprint density at radius 2 is 2.33 bits per heavy atom. The quantitative estimate of drug-likeness (QED) is 0.815. The molecule has 2 aliphatic heterocycles. The summed E-state index contributed by atoms with van der Waals surface area (Å²) in [5.41, 5.74) is 1.08. The summed E-state index contributed by atoms with van der Waals surface area (Å²) >= 11 is 3.52. The summed E-state index contributed by atoms with van der Waals surface area (Å²) in [4.78, 5) is 14.8. The Bertz CT molecular complexity index is 567. The molecule has 0 saturated carbocycles. The van der Waals surface area contributed by atoms with Gasteiger partial charge >= 0.3 is 0 Å². The highest BCUT2D eigenvalue weighted by Crippen LogP contribution is 2.38. The molecule has 2 heterocycles. The van der Waals surface area contributed by atoms with Crippen LogP contribution in [0.25, 0.3) is 0 Å². The van der Waals surface area contributed by atoms with Crippen molar-refractivity contribution in [1.29, 1.82) is 0 Å². The van der Waals surface area contributed by atoms with Gasteiger partial charge in [0, 0.05) is 35.6 Å². The van der Waals surface area contributed by atoms with E-state index in [1.807, 2.05) is 17.0 Å². The minimum atomic E-state index is 0. The average Bonchev–Trinajstić information content (AvgIpc) is 3.05. The Kier molecular flexibility index (Phi) is 7.34. The molecule has 2 aliphatic rings. The van der Waals surface area contributed by atoms with Crippen LogP contribution in [-0.2, 0) is 9.53 Å². The number of amides is 1. The number of carbonyl (C=O) groups excluding carboxylic acids is 1. The van der Waals surface area contributed by atoms with Crippen LogP contribution < -0.4 is 10.1 Å². The first-order valence-electron chi connectivity index (χ1n) is 8.13. The van der Waals surface area contributed by atoms with Crippen LogP contribution in [0.15, 0.2) is 22.7 Å². The van der Waals surface area contributed by atoms with E-state index >= 15 is 0 Å². The molecule has 1 aromatic carbocycles. The van der Waals surface area contributed by atoms with Crippen molar-refractivity contribution in [2.75, 3.05) is 33.4 Å². The summed E-state index contributed by atoms with van der Waals surface area (Å²) in [5.74, 6) is 1.04. The van der Waals surface area contributed by atoms with Gasteiger partial charge in [-0.2, -0.15) is 0 Å². The molecular formula is C17H24BrClN2O3. The summed E-state index contributed by atoms with van der Waals surface area (Å²) in [6.07, 6.45) is 2.50. The lowest BCUT2D eigenvalue weighted by Gasteiger charge is -2.29. The lowest BCUT2D eigenvalue weighted by Crippen LogP contribution is -2.45. The van der Waals surface area contributed by atoms with E-state index in [2.05, 4.69) is 27.3 Å². The monoisotopic (exact) mass is 418 g/mol. The Morgan fingerprint density at radius 3 is 3.04 bits per heavy atom. The Balaban J connectivity index is 0.00000208. The van der Waals surface area contributed by atoms with Gasteiger partial charge in [-0.05, 0) is 31.0 Å². The minimum absolute atomic E-state index is 0. The zero-order chi connectivity index (χ0) is 16.2. The van der Waals surface area contributed by atoms with Crippen molar-refractivity contribution in [2.45, 2.75) is 31.3 Å². The van der Waals surface area contributed by atoms with Gasteiger partial charge in [-0.25, -0.2) is 0 Å². The summed E-state index contributed by atoms with van der Waals surface area (Å²) in [5, 5.41) is 3.36. The third-order valence-corrected chi connectivity index (χ3v) is 5.04. The van der Waals surface area contributed by atoms with E-state index < -0.39 is 0 Å². The number of nitrogens with one attached hydrogen (secondary N) is 1. The van der Waals surface area contributed by atoms with Gasteiger partial charge in [-0.3, -0.25) is 4.79 Å². The predicted molar refractivity (Wildman–Crippen MR) is 98.9 cm³/mol. The molecule has 2 saturated heterocycles. The van der Waals surface area contributed by atoms with E-state index in [4.69, 9.17) is 9.47 Å². The van der Waals surface area contributed by atoms with Gasteiger partial charge in [0.25, 0.3) is 0 Å². The number of morpholine rings is 1. The summed E-state index contributed by atoms with van der Waals surface area (Å²) in [6.45, 7) is 2.98. The molecule has 0 aliphatic carbocycles. The van der Waals surface area contributed by atoms with E-state index in [0.717, 1.165) is 48.3 Å². The first-order chi connectivity index (χ1) is 11.2. The number of ether oxygens (including phenoxy) is 2. The number of nitrogens with zero attached hydrogens (tertiary/aromatic N) is 1. The van der Waals surface area contributed by atoms with Crippen molar-refractivity contribution in [3.8, 4) is 5.75 Å². The zero-order valence-corrected chi connectivity index (χ0v) is 16.2. The van der Waals surface area contributed by atoms with E-state index in [0.29, 0.717) is 13.0 Å². The second-order valence-corrected chi connectivity index (χ2v) is 6.98. The van der Waals surface area contributed by atoms with Crippen LogP contribution in [0.3, 0.4) is 0 Å². The minimum Gasteiger partial charge on any atom is -0.496 e. The number of hydrogen-bond donors (Lipinski definition) is 1. The third kappa shape index (κ3) is 4.42. The van der Waals surface area contributed by atoms with Gasteiger partial charge in [0.1, 0.15) is 5.75 Å². The van der Waals surface area contributed by atoms with Crippen LogP contribution in [0.2, 0.25) is 0 Å². The molecule has 1 amide bonds. The van der Waals surface area contributed by atoms with Crippen molar-refractivity contribution < 1.29 is 14.3 Å². The van der Waals surface area contributed by atoms with E-state index in [9.17, 15) is 4.79 Å². The number of methoxy groups -OCH3 is 1. The molecule has 0 aromatic heterocycles. The topological polar surface area (TPSA) is 50.8 Å². The highest BCUT2D eigenvalue weighted by Gasteiger charge is 2.33. The average molecular weight is 420 g/mol. The highest BCUT2D eigenvalue weighted by atomic mass is 79.9. The van der Waals surface area contributed by atoms with Crippen molar-refractivity contribution in [1.82, 2.24) is 10.2 Å². The molecule has 0 spiro atoms. The molecule has 134 valence electrons. The van der Waals surface area contributed by atoms with E-state index in [-0.39, 0.29) is 30.4 Å². The summed E-state index contributed by atoms with van der Waals surface area (Å²) < 4.78 is 12.0. The Labute approximate surface area is 157 Å². The SMILES string of the molecule is COc1ccc(Br)cc1C1CCCN1C(=O)CC1COCCN1.Cl. The molecular weight excluding hydrogens is 396 g/mol. The molecule has 2 atom stereocenters. The van der Waals surface area contributed by atoms with Crippen molar-refractivity contribution in [2.24, 2.45) is 0 Å². The molecule has 7 heteroatoms. The smallest absolute Gasteiger partial charge is 0.224 e. The first kappa shape index (κ1) is 19.5. The molecule has 3 rings (SSSR count). The Hall–Kier alpha value is -0.820. The van der Waals surface area contributed by atoms with Gasteiger partial charge in [-0.1, -0.05) is 15.9 Å². The lowest BCUT2D eigenvalue weighted by molar-refractivity contribution is -0.133. The summed E-state index contributed by atoms with van der Waals surface area (Å²) in [7, 11) is 1.68. The lowest BCUT2D eigenvalue weighted by atomic mass is 10.0. The Morgan fingerprint density at radius 1 is 1.50 bits per heavy atom. The van der Waals surface area contributed by atoms with Crippen LogP contribution in [0, 0.1) is 0 Å². The van der Waals surface area contributed by atoms with Gasteiger partial charge < -0.3 is 19.7 Å².